The Labute approximate surface area is 121 Å². The molecule has 0 aromatic heterocycles. The van der Waals surface area contributed by atoms with Crippen molar-refractivity contribution in [2.24, 2.45) is 5.92 Å². The molecular weight excluding hydrogens is 276 g/mol. The maximum Gasteiger partial charge on any atom is 0.326 e. The summed E-state index contributed by atoms with van der Waals surface area (Å²) < 4.78 is 0. The lowest BCUT2D eigenvalue weighted by atomic mass is 10.0. The average molecular weight is 292 g/mol. The van der Waals surface area contributed by atoms with Crippen molar-refractivity contribution in [1.82, 2.24) is 10.6 Å². The Bertz CT molecular complexity index is 555. The van der Waals surface area contributed by atoms with Crippen molar-refractivity contribution in [3.8, 4) is 5.75 Å². The van der Waals surface area contributed by atoms with Gasteiger partial charge >= 0.3 is 5.97 Å². The van der Waals surface area contributed by atoms with E-state index < -0.39 is 23.8 Å². The van der Waals surface area contributed by atoms with Crippen molar-refractivity contribution >= 4 is 17.8 Å². The van der Waals surface area contributed by atoms with Crippen LogP contribution in [0.3, 0.4) is 0 Å². The number of hydrogen-bond acceptors (Lipinski definition) is 4. The van der Waals surface area contributed by atoms with Gasteiger partial charge in [-0.2, -0.15) is 0 Å². The second kappa shape index (κ2) is 6.25. The van der Waals surface area contributed by atoms with Gasteiger partial charge in [-0.15, -0.1) is 0 Å². The normalized spacial score (nSPS) is 18.9. The van der Waals surface area contributed by atoms with E-state index in [0.29, 0.717) is 5.56 Å². The maximum absolute atomic E-state index is 11.9. The van der Waals surface area contributed by atoms with Crippen LogP contribution in [0.25, 0.3) is 0 Å². The summed E-state index contributed by atoms with van der Waals surface area (Å²) in [5.41, 5.74) is 0.682. The first kappa shape index (κ1) is 14.8. The zero-order valence-electron chi connectivity index (χ0n) is 11.2. The largest absolute Gasteiger partial charge is 0.508 e. The van der Waals surface area contributed by atoms with Crippen molar-refractivity contribution in [2.45, 2.75) is 18.9 Å². The minimum atomic E-state index is -1.14. The summed E-state index contributed by atoms with van der Waals surface area (Å²) >= 11 is 0. The van der Waals surface area contributed by atoms with E-state index in [1.807, 2.05) is 0 Å². The number of carboxylic acid groups (broad SMARTS) is 1. The van der Waals surface area contributed by atoms with Crippen LogP contribution < -0.4 is 10.6 Å². The Hall–Kier alpha value is -2.57. The van der Waals surface area contributed by atoms with Gasteiger partial charge in [-0.25, -0.2) is 4.79 Å². The summed E-state index contributed by atoms with van der Waals surface area (Å²) in [6.07, 6.45) is 0.187. The van der Waals surface area contributed by atoms with E-state index in [0.717, 1.165) is 0 Å². The summed E-state index contributed by atoms with van der Waals surface area (Å²) in [5.74, 6) is -2.24. The number of aliphatic carboxylic acids is 1. The average Bonchev–Trinajstić information content (AvgIpc) is 2.87. The summed E-state index contributed by atoms with van der Waals surface area (Å²) in [7, 11) is 0. The molecule has 0 radical (unpaired) electrons. The van der Waals surface area contributed by atoms with Gasteiger partial charge in [-0.1, -0.05) is 12.1 Å². The van der Waals surface area contributed by atoms with E-state index in [4.69, 9.17) is 0 Å². The molecule has 7 nitrogen and oxygen atoms in total. The van der Waals surface area contributed by atoms with Crippen LogP contribution in [0.2, 0.25) is 0 Å². The van der Waals surface area contributed by atoms with E-state index in [1.165, 1.54) is 12.1 Å². The van der Waals surface area contributed by atoms with Gasteiger partial charge in [-0.05, 0) is 17.7 Å². The second-order valence-corrected chi connectivity index (χ2v) is 4.98. The third-order valence-electron chi connectivity index (χ3n) is 3.34. The molecule has 1 aromatic rings. The van der Waals surface area contributed by atoms with E-state index in [9.17, 15) is 24.6 Å². The summed E-state index contributed by atoms with van der Waals surface area (Å²) in [6, 6.07) is 5.03. The Balaban J connectivity index is 1.99. The van der Waals surface area contributed by atoms with Crippen LogP contribution in [0, 0.1) is 5.92 Å². The minimum Gasteiger partial charge on any atom is -0.508 e. The molecule has 1 saturated heterocycles. The molecule has 2 atom stereocenters. The number of phenols is 1. The molecule has 7 heteroatoms. The fourth-order valence-corrected chi connectivity index (χ4v) is 2.15. The molecular formula is C14H16N2O5. The zero-order valence-corrected chi connectivity index (χ0v) is 11.2. The molecule has 0 saturated carbocycles. The molecule has 21 heavy (non-hydrogen) atoms. The van der Waals surface area contributed by atoms with Gasteiger partial charge in [-0.3, -0.25) is 9.59 Å². The minimum absolute atomic E-state index is 0.0807. The summed E-state index contributed by atoms with van der Waals surface area (Å²) in [4.78, 5) is 34.3. The highest BCUT2D eigenvalue weighted by atomic mass is 16.4. The highest BCUT2D eigenvalue weighted by Gasteiger charge is 2.30. The van der Waals surface area contributed by atoms with E-state index >= 15 is 0 Å². The fourth-order valence-electron chi connectivity index (χ4n) is 2.15. The number of nitrogens with one attached hydrogen (secondary N) is 2. The van der Waals surface area contributed by atoms with Gasteiger partial charge in [0, 0.05) is 19.4 Å². The smallest absolute Gasteiger partial charge is 0.326 e. The summed E-state index contributed by atoms with van der Waals surface area (Å²) in [5, 5.41) is 23.4. The predicted octanol–water partition coefficient (Wildman–Crippen LogP) is -0.360. The Kier molecular flexibility index (Phi) is 4.42. The second-order valence-electron chi connectivity index (χ2n) is 4.98. The number of phenolic OH excluding ortho intramolecular Hbond substituents is 1. The predicted molar refractivity (Wildman–Crippen MR) is 72.5 cm³/mol. The van der Waals surface area contributed by atoms with Crippen molar-refractivity contribution < 1.29 is 24.6 Å². The number of carbonyl (C=O) groups is 3. The van der Waals surface area contributed by atoms with Crippen molar-refractivity contribution in [3.63, 3.8) is 0 Å². The lowest BCUT2D eigenvalue weighted by Gasteiger charge is -2.16. The van der Waals surface area contributed by atoms with Gasteiger partial charge in [0.25, 0.3) is 0 Å². The van der Waals surface area contributed by atoms with Crippen LogP contribution >= 0.6 is 0 Å². The van der Waals surface area contributed by atoms with Crippen LogP contribution in [0.15, 0.2) is 24.3 Å². The third kappa shape index (κ3) is 3.95. The maximum atomic E-state index is 11.9. The zero-order chi connectivity index (χ0) is 15.4. The first-order chi connectivity index (χ1) is 9.95. The van der Waals surface area contributed by atoms with Gasteiger partial charge < -0.3 is 20.8 Å². The Morgan fingerprint density at radius 3 is 2.52 bits per heavy atom. The van der Waals surface area contributed by atoms with E-state index in [-0.39, 0.29) is 31.0 Å². The van der Waals surface area contributed by atoms with Crippen LogP contribution in [-0.2, 0) is 20.8 Å². The first-order valence-electron chi connectivity index (χ1n) is 6.53. The lowest BCUT2D eigenvalue weighted by Crippen LogP contribution is -2.45. The highest BCUT2D eigenvalue weighted by Crippen LogP contribution is 2.13. The Morgan fingerprint density at radius 1 is 1.33 bits per heavy atom. The molecule has 2 rings (SSSR count). The number of amides is 2. The molecule has 112 valence electrons. The summed E-state index contributed by atoms with van der Waals surface area (Å²) in [6.45, 7) is 0.232. The van der Waals surface area contributed by atoms with Crippen molar-refractivity contribution in [1.29, 1.82) is 0 Å². The van der Waals surface area contributed by atoms with Gasteiger partial charge in [0.1, 0.15) is 11.8 Å². The first-order valence-corrected chi connectivity index (χ1v) is 6.53. The molecule has 1 aromatic carbocycles. The van der Waals surface area contributed by atoms with E-state index in [2.05, 4.69) is 10.6 Å². The monoisotopic (exact) mass is 292 g/mol. The molecule has 0 spiro atoms. The molecule has 2 amide bonds. The number of aromatic hydroxyl groups is 1. The molecule has 1 aliphatic heterocycles. The number of carbonyl (C=O) groups excluding carboxylic acids is 2. The topological polar surface area (TPSA) is 116 Å². The number of carboxylic acids is 1. The van der Waals surface area contributed by atoms with Crippen LogP contribution in [-0.4, -0.2) is 40.6 Å². The highest BCUT2D eigenvalue weighted by molar-refractivity contribution is 5.91. The van der Waals surface area contributed by atoms with Gasteiger partial charge in [0.05, 0.1) is 5.92 Å². The van der Waals surface area contributed by atoms with Crippen LogP contribution in [0.4, 0.5) is 0 Å². The SMILES string of the molecule is O=C1CC(C(=O)NC(Cc2ccc(O)cc2)C(=O)O)CN1. The van der Waals surface area contributed by atoms with Crippen LogP contribution in [0.5, 0.6) is 5.75 Å². The number of hydrogen-bond donors (Lipinski definition) is 4. The fraction of sp³-hybridized carbons (Fsp3) is 0.357. The molecule has 4 N–H and O–H groups in total. The van der Waals surface area contributed by atoms with Gasteiger partial charge in [0.15, 0.2) is 0 Å². The number of benzene rings is 1. The van der Waals surface area contributed by atoms with Crippen LogP contribution in [0.1, 0.15) is 12.0 Å². The number of rotatable bonds is 5. The van der Waals surface area contributed by atoms with Crippen molar-refractivity contribution in [2.75, 3.05) is 6.54 Å². The van der Waals surface area contributed by atoms with Crippen molar-refractivity contribution in [3.05, 3.63) is 29.8 Å². The Morgan fingerprint density at radius 2 is 2.00 bits per heavy atom. The molecule has 2 unspecified atom stereocenters. The lowest BCUT2D eigenvalue weighted by molar-refractivity contribution is -0.142. The molecule has 1 heterocycles. The van der Waals surface area contributed by atoms with Gasteiger partial charge in [0.2, 0.25) is 11.8 Å². The third-order valence-corrected chi connectivity index (χ3v) is 3.34. The molecule has 0 bridgehead atoms. The van der Waals surface area contributed by atoms with E-state index in [1.54, 1.807) is 12.1 Å². The molecule has 0 aliphatic carbocycles. The quantitative estimate of drug-likeness (QED) is 0.591. The molecule has 1 fully saturated rings. The molecule has 1 aliphatic rings. The standard InChI is InChI=1S/C14H16N2O5/c17-10-3-1-8(2-4-10)5-11(14(20)21)16-13(19)9-6-12(18)15-7-9/h1-4,9,11,17H,5-7H2,(H,15,18)(H,16,19)(H,20,21).